The topological polar surface area (TPSA) is 547 Å². The van der Waals surface area contributed by atoms with Crippen LogP contribution in [0.3, 0.4) is 0 Å². The Balaban J connectivity index is 1.06. The van der Waals surface area contributed by atoms with Crippen molar-refractivity contribution in [2.45, 2.75) is 243 Å². The second kappa shape index (κ2) is 28.8. The van der Waals surface area contributed by atoms with Crippen molar-refractivity contribution in [3.05, 3.63) is 0 Å². The van der Waals surface area contributed by atoms with E-state index in [-0.39, 0.29) is 0 Å². The Kier molecular flexibility index (Phi) is 23.8. The SMILES string of the molecule is CC1OC(O[C@@H]2C(CO)O[C@@H](OC3C(OC4C(O)[C@H](O[C@@H]5C(CO)O[C@@H](O[C@@H]6C(CO)O[C@@H](C)[C@@H](C)C6O)[C@@H](C)C5O)OC(CO)[C@H]4O)O[C@H](CO)[C@@H](O)C3O)[C@@H](C)C2O)C(O)[C@@H](O[C@]2(C(=O)O)C[C@@H](O)[C@@H](N)C(C(O)[C@H](O)CO)O2)[C@H]1O. The summed E-state index contributed by atoms with van der Waals surface area (Å²) in [6, 6.07) is -1.55. The molecule has 7 heterocycles. The number of aliphatic hydroxyl groups is 18. The van der Waals surface area contributed by atoms with Gasteiger partial charge in [-0.1, -0.05) is 20.8 Å². The van der Waals surface area contributed by atoms with Gasteiger partial charge in [-0.15, -0.1) is 0 Å². The fraction of sp³-hybridized carbons (Fsp3) is 0.980. The third-order valence-electron chi connectivity index (χ3n) is 17.0. The van der Waals surface area contributed by atoms with Gasteiger partial charge in [-0.05, 0) is 13.8 Å². The maximum Gasteiger partial charge on any atom is 0.364 e. The predicted molar refractivity (Wildman–Crippen MR) is 262 cm³/mol. The van der Waals surface area contributed by atoms with Crippen LogP contribution in [-0.2, 0) is 66.4 Å². The summed E-state index contributed by atoms with van der Waals surface area (Å²) in [6.07, 6.45) is -54.0. The molecule has 83 heavy (non-hydrogen) atoms. The largest absolute Gasteiger partial charge is 0.477 e. The first kappa shape index (κ1) is 68.7. The van der Waals surface area contributed by atoms with Crippen LogP contribution in [-0.4, -0.2) is 345 Å². The molecule has 0 spiro atoms. The van der Waals surface area contributed by atoms with Crippen LogP contribution in [0.2, 0.25) is 0 Å². The number of ether oxygens (including phenoxy) is 13. The van der Waals surface area contributed by atoms with Crippen molar-refractivity contribution in [2.24, 2.45) is 23.5 Å². The van der Waals surface area contributed by atoms with Gasteiger partial charge >= 0.3 is 5.97 Å². The van der Waals surface area contributed by atoms with E-state index >= 15 is 0 Å². The summed E-state index contributed by atoms with van der Waals surface area (Å²) in [7, 11) is 0. The highest BCUT2D eigenvalue weighted by Gasteiger charge is 2.61. The molecule has 0 aliphatic carbocycles. The Hall–Kier alpha value is -1.81. The molecule has 0 radical (unpaired) electrons. The number of aliphatic hydroxyl groups excluding tert-OH is 18. The van der Waals surface area contributed by atoms with Crippen molar-refractivity contribution >= 4 is 5.97 Å². The molecule has 7 saturated heterocycles. The maximum atomic E-state index is 12.8. The molecule has 0 amide bonds. The smallest absolute Gasteiger partial charge is 0.364 e. The summed E-state index contributed by atoms with van der Waals surface area (Å²) >= 11 is 0. The van der Waals surface area contributed by atoms with Gasteiger partial charge in [0, 0.05) is 24.2 Å². The van der Waals surface area contributed by atoms with Gasteiger partial charge in [0.1, 0.15) is 122 Å². The monoisotopic (exact) mass is 1220 g/mol. The lowest BCUT2D eigenvalue weighted by molar-refractivity contribution is -0.401. The lowest BCUT2D eigenvalue weighted by Crippen LogP contribution is -2.69. The quantitative estimate of drug-likeness (QED) is 0.0507. The van der Waals surface area contributed by atoms with Crippen LogP contribution in [0.25, 0.3) is 0 Å². The van der Waals surface area contributed by atoms with Gasteiger partial charge in [-0.25, -0.2) is 4.79 Å². The Morgan fingerprint density at radius 2 is 0.892 bits per heavy atom. The molecule has 0 bridgehead atoms. The number of carboxylic acid groups (broad SMARTS) is 1. The summed E-state index contributed by atoms with van der Waals surface area (Å²) in [6.45, 7) is 2.15. The standard InChI is InChI=1S/C49H85NO33/c1-13-16(4)71-22(10-54)36(26(13)59)77-43-14(2)27(60)38(24(12-56)75-43)79-46-34(67)40(32(65)21(9-53)73-46)80-47-42(33(66)31(64)20(8-52)74-47)81-44-15(3)28(61)37(23(11-55)76-44)78-45-35(68)41(29(62)17(5)72-45)83-49(48(69)70)6-18(57)25(50)39(82-49)30(63)19(58)7-51/h13-47,51-68H,6-12,50H2,1-5H3,(H,69,70)/t13-,14+,15+,16+,17?,18-,19-,20-,21?,22?,23?,24?,25-,26?,27?,28?,29+,30?,31-,32-,33?,34?,35?,36-,37-,38-,39?,40?,41+,42?,43+,44+,45?,46+,47?,49+/m1/s1. The third kappa shape index (κ3) is 14.0. The van der Waals surface area contributed by atoms with Crippen LogP contribution in [0.4, 0.5) is 0 Å². The molecule has 0 aromatic rings. The van der Waals surface area contributed by atoms with E-state index in [1.54, 1.807) is 13.8 Å². The second-order valence-corrected chi connectivity index (χ2v) is 22.5. The van der Waals surface area contributed by atoms with Gasteiger partial charge in [0.2, 0.25) is 0 Å². The zero-order valence-electron chi connectivity index (χ0n) is 45.9. The van der Waals surface area contributed by atoms with Gasteiger partial charge in [-0.2, -0.15) is 0 Å². The first-order chi connectivity index (χ1) is 39.1. The van der Waals surface area contributed by atoms with Crippen molar-refractivity contribution in [1.29, 1.82) is 0 Å². The van der Waals surface area contributed by atoms with Gasteiger partial charge in [0.15, 0.2) is 31.5 Å². The summed E-state index contributed by atoms with van der Waals surface area (Å²) in [5.74, 6) is -7.72. The zero-order valence-corrected chi connectivity index (χ0v) is 45.9. The number of hydrogen-bond acceptors (Lipinski definition) is 33. The Morgan fingerprint density at radius 1 is 0.470 bits per heavy atom. The molecular weight excluding hydrogens is 1130 g/mol. The van der Waals surface area contributed by atoms with E-state index in [4.69, 9.17) is 67.3 Å². The highest BCUT2D eigenvalue weighted by molar-refractivity contribution is 5.76. The zero-order chi connectivity index (χ0) is 61.4. The second-order valence-electron chi connectivity index (χ2n) is 22.5. The van der Waals surface area contributed by atoms with Crippen LogP contribution < -0.4 is 5.73 Å². The van der Waals surface area contributed by atoms with Gasteiger partial charge in [0.05, 0.1) is 82.3 Å². The van der Waals surface area contributed by atoms with Crippen molar-refractivity contribution in [1.82, 2.24) is 0 Å². The lowest BCUT2D eigenvalue weighted by atomic mass is 9.88. The first-order valence-electron chi connectivity index (χ1n) is 27.5. The average molecular weight is 1220 g/mol. The normalized spacial score (nSPS) is 51.7. The lowest BCUT2D eigenvalue weighted by Gasteiger charge is -2.51. The minimum Gasteiger partial charge on any atom is -0.477 e. The molecule has 7 aliphatic heterocycles. The molecule has 34 heteroatoms. The van der Waals surface area contributed by atoms with E-state index in [1.165, 1.54) is 20.8 Å². The van der Waals surface area contributed by atoms with E-state index in [1.807, 2.05) is 0 Å². The first-order valence-corrected chi connectivity index (χ1v) is 27.5. The molecule has 0 saturated carbocycles. The van der Waals surface area contributed by atoms with Gasteiger partial charge in [-0.3, -0.25) is 0 Å². The summed E-state index contributed by atoms with van der Waals surface area (Å²) in [4.78, 5) is 12.8. The number of rotatable bonds is 21. The fourth-order valence-electron chi connectivity index (χ4n) is 11.4. The number of aliphatic carboxylic acids is 1. The fourth-order valence-corrected chi connectivity index (χ4v) is 11.4. The van der Waals surface area contributed by atoms with Crippen LogP contribution in [0, 0.1) is 17.8 Å². The molecule has 484 valence electrons. The van der Waals surface area contributed by atoms with Crippen LogP contribution in [0.15, 0.2) is 0 Å². The summed E-state index contributed by atoms with van der Waals surface area (Å²) in [5.41, 5.74) is 5.96. The van der Waals surface area contributed by atoms with E-state index in [0.29, 0.717) is 0 Å². The number of carbonyl (C=O) groups is 1. The van der Waals surface area contributed by atoms with E-state index in [2.05, 4.69) is 0 Å². The molecule has 7 rings (SSSR count). The summed E-state index contributed by atoms with van der Waals surface area (Å²) in [5, 5.41) is 206. The van der Waals surface area contributed by atoms with Crippen molar-refractivity contribution < 1.29 is 163 Å². The van der Waals surface area contributed by atoms with Gasteiger partial charge in [0.25, 0.3) is 5.79 Å². The molecule has 36 atom stereocenters. The van der Waals surface area contributed by atoms with Gasteiger partial charge < -0.3 is 164 Å². The maximum absolute atomic E-state index is 12.8. The van der Waals surface area contributed by atoms with E-state index in [0.717, 1.165) is 0 Å². The molecule has 21 N–H and O–H groups in total. The number of hydrogen-bond donors (Lipinski definition) is 20. The molecular formula is C49H85NO33. The van der Waals surface area contributed by atoms with Crippen molar-refractivity contribution in [3.8, 4) is 0 Å². The molecule has 7 aliphatic rings. The van der Waals surface area contributed by atoms with Crippen molar-refractivity contribution in [2.75, 3.05) is 39.6 Å². The highest BCUT2D eigenvalue weighted by atomic mass is 16.8. The Bertz CT molecular complexity index is 2020. The predicted octanol–water partition coefficient (Wildman–Crippen LogP) is -11.2. The minimum absolute atomic E-state index is 0.447. The number of carboxylic acids is 1. The van der Waals surface area contributed by atoms with Crippen LogP contribution >= 0.6 is 0 Å². The molecule has 7 fully saturated rings. The Morgan fingerprint density at radius 3 is 1.40 bits per heavy atom. The molecule has 0 aromatic carbocycles. The minimum atomic E-state index is -3.00. The van der Waals surface area contributed by atoms with Crippen LogP contribution in [0.1, 0.15) is 41.0 Å². The summed E-state index contributed by atoms with van der Waals surface area (Å²) < 4.78 is 76.6. The molecule has 34 nitrogen and oxygen atoms in total. The third-order valence-corrected chi connectivity index (χ3v) is 17.0. The highest BCUT2D eigenvalue weighted by Crippen LogP contribution is 2.41. The van der Waals surface area contributed by atoms with Crippen molar-refractivity contribution in [3.63, 3.8) is 0 Å². The average Bonchev–Trinajstić information content (AvgIpc) is 3.63. The Labute approximate surface area is 474 Å². The number of nitrogens with two attached hydrogens (primary N) is 1. The molecule has 0 aromatic heterocycles. The van der Waals surface area contributed by atoms with Crippen LogP contribution in [0.5, 0.6) is 0 Å². The van der Waals surface area contributed by atoms with E-state index < -0.39 is 272 Å². The molecule has 17 unspecified atom stereocenters. The van der Waals surface area contributed by atoms with E-state index in [9.17, 15) is 102 Å².